The van der Waals surface area contributed by atoms with Gasteiger partial charge < -0.3 is 9.47 Å². The highest BCUT2D eigenvalue weighted by atomic mass is 16.2. The summed E-state index contributed by atoms with van der Waals surface area (Å²) in [6.45, 7) is 7.22. The highest BCUT2D eigenvalue weighted by Gasteiger charge is 2.32. The molecule has 1 saturated heterocycles. The van der Waals surface area contributed by atoms with Crippen LogP contribution in [0.4, 0.5) is 0 Å². The van der Waals surface area contributed by atoms with Crippen LogP contribution in [0.25, 0.3) is 0 Å². The average molecular weight is 303 g/mol. The van der Waals surface area contributed by atoms with Gasteiger partial charge in [0.15, 0.2) is 0 Å². The molecule has 22 heavy (non-hydrogen) atoms. The van der Waals surface area contributed by atoms with Crippen molar-refractivity contribution in [3.8, 4) is 0 Å². The lowest BCUT2D eigenvalue weighted by Gasteiger charge is -2.40. The molecule has 1 aliphatic heterocycles. The van der Waals surface area contributed by atoms with Gasteiger partial charge in [0, 0.05) is 50.3 Å². The van der Waals surface area contributed by atoms with Crippen LogP contribution in [0.15, 0.2) is 12.4 Å². The smallest absolute Gasteiger partial charge is 0.222 e. The first-order valence-electron chi connectivity index (χ1n) is 8.92. The fraction of sp³-hybridized carbons (Fsp3) is 0.778. The van der Waals surface area contributed by atoms with E-state index in [1.165, 1.54) is 32.1 Å². The monoisotopic (exact) mass is 303 g/mol. The van der Waals surface area contributed by atoms with E-state index in [0.717, 1.165) is 31.9 Å². The standard InChI is InChI=1S/C18H29N3O/c1-14(2)18-19-8-9-20(18)11-16-12-21(13-16)17(22)10-15-6-4-3-5-7-15/h8-9,14-16H,3-7,10-13H2,1-2H3. The van der Waals surface area contributed by atoms with Gasteiger partial charge in [-0.25, -0.2) is 4.98 Å². The minimum atomic E-state index is 0.387. The van der Waals surface area contributed by atoms with Crippen LogP contribution < -0.4 is 0 Å². The van der Waals surface area contributed by atoms with Crippen LogP contribution >= 0.6 is 0 Å². The van der Waals surface area contributed by atoms with Crippen molar-refractivity contribution in [3.05, 3.63) is 18.2 Å². The van der Waals surface area contributed by atoms with E-state index in [-0.39, 0.29) is 0 Å². The van der Waals surface area contributed by atoms with Gasteiger partial charge in [-0.3, -0.25) is 4.79 Å². The first kappa shape index (κ1) is 15.6. The van der Waals surface area contributed by atoms with Crippen molar-refractivity contribution in [2.45, 2.75) is 64.8 Å². The summed E-state index contributed by atoms with van der Waals surface area (Å²) in [5, 5.41) is 0. The van der Waals surface area contributed by atoms with Gasteiger partial charge in [0.05, 0.1) is 0 Å². The van der Waals surface area contributed by atoms with Crippen LogP contribution in [0.5, 0.6) is 0 Å². The molecule has 2 aliphatic rings. The summed E-state index contributed by atoms with van der Waals surface area (Å²) >= 11 is 0. The maximum absolute atomic E-state index is 12.3. The third-order valence-electron chi connectivity index (χ3n) is 5.22. The molecule has 0 atom stereocenters. The van der Waals surface area contributed by atoms with Crippen LogP contribution in [0.3, 0.4) is 0 Å². The zero-order valence-electron chi connectivity index (χ0n) is 14.0. The van der Waals surface area contributed by atoms with E-state index in [2.05, 4.69) is 34.5 Å². The van der Waals surface area contributed by atoms with E-state index in [0.29, 0.717) is 23.7 Å². The first-order chi connectivity index (χ1) is 10.6. The van der Waals surface area contributed by atoms with Gasteiger partial charge in [0.25, 0.3) is 0 Å². The predicted molar refractivity (Wildman–Crippen MR) is 87.6 cm³/mol. The van der Waals surface area contributed by atoms with E-state index in [1.54, 1.807) is 0 Å². The normalized spacial score (nSPS) is 20.4. The third kappa shape index (κ3) is 3.53. The molecule has 0 unspecified atom stereocenters. The van der Waals surface area contributed by atoms with Gasteiger partial charge in [0.2, 0.25) is 5.91 Å². The number of amides is 1. The molecule has 1 aromatic rings. The Labute approximate surface area is 133 Å². The van der Waals surface area contributed by atoms with Crippen molar-refractivity contribution in [1.82, 2.24) is 14.5 Å². The van der Waals surface area contributed by atoms with Crippen LogP contribution in [0.2, 0.25) is 0 Å². The zero-order chi connectivity index (χ0) is 15.5. The van der Waals surface area contributed by atoms with Gasteiger partial charge in [0.1, 0.15) is 5.82 Å². The number of hydrogen-bond acceptors (Lipinski definition) is 2. The molecular weight excluding hydrogens is 274 g/mol. The molecule has 0 radical (unpaired) electrons. The molecule has 4 nitrogen and oxygen atoms in total. The minimum absolute atomic E-state index is 0.387. The number of aromatic nitrogens is 2. The number of imidazole rings is 1. The van der Waals surface area contributed by atoms with E-state index in [4.69, 9.17) is 0 Å². The second kappa shape index (κ2) is 6.84. The van der Waals surface area contributed by atoms with E-state index in [1.807, 2.05) is 6.20 Å². The van der Waals surface area contributed by atoms with Crippen molar-refractivity contribution < 1.29 is 4.79 Å². The Morgan fingerprint density at radius 1 is 1.23 bits per heavy atom. The summed E-state index contributed by atoms with van der Waals surface area (Å²) < 4.78 is 2.26. The summed E-state index contributed by atoms with van der Waals surface area (Å²) in [6, 6.07) is 0. The number of carbonyl (C=O) groups is 1. The molecule has 1 aromatic heterocycles. The topological polar surface area (TPSA) is 38.1 Å². The number of likely N-dealkylation sites (tertiary alicyclic amines) is 1. The minimum Gasteiger partial charge on any atom is -0.342 e. The van der Waals surface area contributed by atoms with Gasteiger partial charge >= 0.3 is 0 Å². The third-order valence-corrected chi connectivity index (χ3v) is 5.22. The summed E-state index contributed by atoms with van der Waals surface area (Å²) in [7, 11) is 0. The fourth-order valence-electron chi connectivity index (χ4n) is 3.91. The molecular formula is C18H29N3O. The molecule has 122 valence electrons. The summed E-state index contributed by atoms with van der Waals surface area (Å²) in [5.41, 5.74) is 0. The lowest BCUT2D eigenvalue weighted by atomic mass is 9.86. The lowest BCUT2D eigenvalue weighted by Crippen LogP contribution is -2.51. The van der Waals surface area contributed by atoms with Crippen LogP contribution in [-0.2, 0) is 11.3 Å². The first-order valence-corrected chi connectivity index (χ1v) is 8.92. The molecule has 1 amide bonds. The highest BCUT2D eigenvalue weighted by molar-refractivity contribution is 5.77. The predicted octanol–water partition coefficient (Wildman–Crippen LogP) is 3.44. The molecule has 1 aliphatic carbocycles. The van der Waals surface area contributed by atoms with Gasteiger partial charge in [-0.2, -0.15) is 0 Å². The molecule has 0 bridgehead atoms. The maximum Gasteiger partial charge on any atom is 0.222 e. The SMILES string of the molecule is CC(C)c1nccn1CC1CN(C(=O)CC2CCCCC2)C1. The Hall–Kier alpha value is -1.32. The molecule has 3 rings (SSSR count). The number of rotatable bonds is 5. The number of nitrogens with zero attached hydrogens (tertiary/aromatic N) is 3. The van der Waals surface area contributed by atoms with Gasteiger partial charge in [-0.1, -0.05) is 33.1 Å². The Bertz CT molecular complexity index is 496. The van der Waals surface area contributed by atoms with Crippen molar-refractivity contribution in [2.24, 2.45) is 11.8 Å². The molecule has 4 heteroatoms. The molecule has 1 saturated carbocycles. The Kier molecular flexibility index (Phi) is 4.84. The number of carbonyl (C=O) groups excluding carboxylic acids is 1. The van der Waals surface area contributed by atoms with Gasteiger partial charge in [-0.05, 0) is 18.8 Å². The quantitative estimate of drug-likeness (QED) is 0.836. The second-order valence-electron chi connectivity index (χ2n) is 7.47. The van der Waals surface area contributed by atoms with E-state index >= 15 is 0 Å². The summed E-state index contributed by atoms with van der Waals surface area (Å²) in [4.78, 5) is 18.8. The highest BCUT2D eigenvalue weighted by Crippen LogP contribution is 2.28. The van der Waals surface area contributed by atoms with Crippen molar-refractivity contribution in [1.29, 1.82) is 0 Å². The van der Waals surface area contributed by atoms with Crippen LogP contribution in [0, 0.1) is 11.8 Å². The summed E-state index contributed by atoms with van der Waals surface area (Å²) in [6.07, 6.45) is 11.3. The molecule has 0 N–H and O–H groups in total. The Morgan fingerprint density at radius 3 is 2.64 bits per heavy atom. The molecule has 2 heterocycles. The zero-order valence-corrected chi connectivity index (χ0v) is 14.0. The Morgan fingerprint density at radius 2 is 1.95 bits per heavy atom. The lowest BCUT2D eigenvalue weighted by molar-refractivity contribution is -0.139. The largest absolute Gasteiger partial charge is 0.342 e. The summed E-state index contributed by atoms with van der Waals surface area (Å²) in [5.74, 6) is 3.26. The van der Waals surface area contributed by atoms with E-state index in [9.17, 15) is 4.79 Å². The average Bonchev–Trinajstić information content (AvgIpc) is 2.91. The van der Waals surface area contributed by atoms with Crippen molar-refractivity contribution >= 4 is 5.91 Å². The molecule has 0 aromatic carbocycles. The van der Waals surface area contributed by atoms with Crippen LogP contribution in [0.1, 0.15) is 64.1 Å². The van der Waals surface area contributed by atoms with Crippen molar-refractivity contribution in [2.75, 3.05) is 13.1 Å². The van der Waals surface area contributed by atoms with Gasteiger partial charge in [-0.15, -0.1) is 0 Å². The number of hydrogen-bond donors (Lipinski definition) is 0. The fourth-order valence-corrected chi connectivity index (χ4v) is 3.91. The maximum atomic E-state index is 12.3. The molecule has 2 fully saturated rings. The molecule has 0 spiro atoms. The van der Waals surface area contributed by atoms with E-state index < -0.39 is 0 Å². The van der Waals surface area contributed by atoms with Crippen molar-refractivity contribution in [3.63, 3.8) is 0 Å². The van der Waals surface area contributed by atoms with Crippen LogP contribution in [-0.4, -0.2) is 33.4 Å². The second-order valence-corrected chi connectivity index (χ2v) is 7.47. The Balaban J connectivity index is 1.43.